The fourth-order valence-corrected chi connectivity index (χ4v) is 3.66. The number of halogens is 1. The molecular weight excluding hydrogens is 324 g/mol. The summed E-state index contributed by atoms with van der Waals surface area (Å²) in [5.74, 6) is 0.0715. The number of thiazole rings is 1. The summed E-state index contributed by atoms with van der Waals surface area (Å²) in [7, 11) is 1.89. The number of hydrogen-bond donors (Lipinski definition) is 2. The minimum atomic E-state index is -0.210. The number of nitrogens with zero attached hydrogens (tertiary/aromatic N) is 4. The van der Waals surface area contributed by atoms with Crippen LogP contribution in [0.15, 0.2) is 30.6 Å². The van der Waals surface area contributed by atoms with Crippen LogP contribution in [-0.4, -0.2) is 49.9 Å². The maximum absolute atomic E-state index is 10.4. The largest absolute Gasteiger partial charge is 0.492 e. The molecule has 1 atom stereocenters. The molecule has 0 aliphatic carbocycles. The molecule has 0 fully saturated rings. The van der Waals surface area contributed by atoms with E-state index in [1.807, 2.05) is 36.2 Å². The van der Waals surface area contributed by atoms with E-state index >= 15 is 0 Å². The van der Waals surface area contributed by atoms with Crippen LogP contribution in [0.2, 0.25) is 5.02 Å². The van der Waals surface area contributed by atoms with Crippen LogP contribution in [0.1, 0.15) is 16.5 Å². The van der Waals surface area contributed by atoms with E-state index in [1.54, 1.807) is 0 Å². The number of aromatic nitrogens is 3. The molecule has 2 N–H and O–H groups in total. The zero-order chi connectivity index (χ0) is 15.7. The summed E-state index contributed by atoms with van der Waals surface area (Å²) >= 11 is 7.33. The van der Waals surface area contributed by atoms with Gasteiger partial charge < -0.3 is 10.2 Å². The zero-order valence-electron chi connectivity index (χ0n) is 11.8. The molecule has 3 aromatic rings. The Morgan fingerprint density at radius 1 is 1.36 bits per heavy atom. The van der Waals surface area contributed by atoms with Gasteiger partial charge in [-0.05, 0) is 24.7 Å². The molecule has 0 saturated carbocycles. The number of rotatable bonds is 5. The third kappa shape index (κ3) is 2.68. The quantitative estimate of drug-likeness (QED) is 0.745. The van der Waals surface area contributed by atoms with Gasteiger partial charge in [-0.15, -0.1) is 0 Å². The fraction of sp³-hybridized carbons (Fsp3) is 0.286. The van der Waals surface area contributed by atoms with Crippen LogP contribution < -0.4 is 0 Å². The van der Waals surface area contributed by atoms with Crippen LogP contribution in [0.5, 0.6) is 5.88 Å². The van der Waals surface area contributed by atoms with Crippen LogP contribution >= 0.6 is 22.9 Å². The van der Waals surface area contributed by atoms with Crippen molar-refractivity contribution in [1.29, 1.82) is 0 Å². The number of likely N-dealkylation sites (N-methyl/N-ethyl adjacent to an activating group) is 1. The topological polar surface area (TPSA) is 73.9 Å². The van der Waals surface area contributed by atoms with E-state index in [9.17, 15) is 10.2 Å². The van der Waals surface area contributed by atoms with Crippen molar-refractivity contribution < 1.29 is 10.2 Å². The molecule has 116 valence electrons. The monoisotopic (exact) mass is 338 g/mol. The Hall–Kier alpha value is -1.67. The molecule has 2 heterocycles. The summed E-state index contributed by atoms with van der Waals surface area (Å²) in [6, 6.07) is 7.24. The van der Waals surface area contributed by atoms with Crippen molar-refractivity contribution in [1.82, 2.24) is 19.5 Å². The first kappa shape index (κ1) is 15.2. The first-order valence-corrected chi connectivity index (χ1v) is 7.89. The highest BCUT2D eigenvalue weighted by molar-refractivity contribution is 7.17. The lowest BCUT2D eigenvalue weighted by Gasteiger charge is -2.27. The van der Waals surface area contributed by atoms with Gasteiger partial charge in [-0.1, -0.05) is 35.1 Å². The molecule has 0 amide bonds. The second kappa shape index (κ2) is 6.21. The van der Waals surface area contributed by atoms with Crippen molar-refractivity contribution in [2.24, 2.45) is 0 Å². The third-order valence-corrected chi connectivity index (χ3v) is 4.80. The third-order valence-electron chi connectivity index (χ3n) is 3.47. The van der Waals surface area contributed by atoms with Gasteiger partial charge in [0.05, 0.1) is 17.5 Å². The number of aliphatic hydroxyl groups excluding tert-OH is 1. The number of aliphatic hydroxyl groups is 1. The van der Waals surface area contributed by atoms with Crippen molar-refractivity contribution in [3.8, 4) is 5.88 Å². The molecule has 3 rings (SSSR count). The van der Waals surface area contributed by atoms with Gasteiger partial charge in [0, 0.05) is 11.6 Å². The van der Waals surface area contributed by atoms with Crippen molar-refractivity contribution >= 4 is 27.9 Å². The number of hydrogen-bond acceptors (Lipinski definition) is 6. The van der Waals surface area contributed by atoms with E-state index in [1.165, 1.54) is 22.2 Å². The Kier molecular flexibility index (Phi) is 4.30. The van der Waals surface area contributed by atoms with Gasteiger partial charge in [0.25, 0.3) is 0 Å². The van der Waals surface area contributed by atoms with E-state index in [4.69, 9.17) is 11.6 Å². The minimum absolute atomic E-state index is 0.0299. The highest BCUT2D eigenvalue weighted by atomic mass is 35.5. The summed E-state index contributed by atoms with van der Waals surface area (Å²) in [5.41, 5.74) is 0.972. The molecule has 0 bridgehead atoms. The standard InChI is InChI=1S/C14H15ClN4O2S/c1-18(6-7-20)11(9-2-4-10(15)5-3-9)12-13(21)19-14(22-12)16-8-17-19/h2-5,8,11,20-21H,6-7H2,1H3. The van der Waals surface area contributed by atoms with Crippen molar-refractivity contribution in [3.05, 3.63) is 46.1 Å². The van der Waals surface area contributed by atoms with Crippen molar-refractivity contribution in [2.45, 2.75) is 6.04 Å². The molecule has 2 aromatic heterocycles. The lowest BCUT2D eigenvalue weighted by atomic mass is 10.0. The van der Waals surface area contributed by atoms with Gasteiger partial charge in [-0.2, -0.15) is 9.61 Å². The summed E-state index contributed by atoms with van der Waals surface area (Å²) < 4.78 is 1.41. The van der Waals surface area contributed by atoms with Crippen LogP contribution in [-0.2, 0) is 0 Å². The van der Waals surface area contributed by atoms with Crippen LogP contribution in [0, 0.1) is 0 Å². The predicted molar refractivity (Wildman–Crippen MR) is 85.5 cm³/mol. The Morgan fingerprint density at radius 3 is 2.73 bits per heavy atom. The van der Waals surface area contributed by atoms with E-state index in [0.29, 0.717) is 16.5 Å². The van der Waals surface area contributed by atoms with E-state index in [0.717, 1.165) is 10.4 Å². The Bertz CT molecular complexity index is 771. The van der Waals surface area contributed by atoms with Gasteiger partial charge in [0.15, 0.2) is 0 Å². The minimum Gasteiger partial charge on any atom is -0.492 e. The molecule has 0 aliphatic rings. The number of benzene rings is 1. The second-order valence-corrected chi connectivity index (χ2v) is 6.35. The van der Waals surface area contributed by atoms with E-state index in [2.05, 4.69) is 10.1 Å². The average Bonchev–Trinajstić information content (AvgIpc) is 3.06. The molecule has 0 radical (unpaired) electrons. The van der Waals surface area contributed by atoms with Crippen molar-refractivity contribution in [3.63, 3.8) is 0 Å². The molecule has 1 unspecified atom stereocenters. The molecule has 1 aromatic carbocycles. The Balaban J connectivity index is 2.09. The maximum atomic E-state index is 10.4. The fourth-order valence-electron chi connectivity index (χ4n) is 2.41. The molecule has 8 heteroatoms. The van der Waals surface area contributed by atoms with Gasteiger partial charge in [-0.25, -0.2) is 4.98 Å². The highest BCUT2D eigenvalue weighted by Crippen LogP contribution is 2.39. The Labute approximate surface area is 136 Å². The molecule has 0 spiro atoms. The Morgan fingerprint density at radius 2 is 2.09 bits per heavy atom. The lowest BCUT2D eigenvalue weighted by Crippen LogP contribution is -2.28. The molecule has 0 aliphatic heterocycles. The molecular formula is C14H15ClN4O2S. The molecule has 6 nitrogen and oxygen atoms in total. The normalized spacial score (nSPS) is 13.1. The summed E-state index contributed by atoms with van der Waals surface area (Å²) in [6.45, 7) is 0.502. The number of aromatic hydroxyl groups is 1. The predicted octanol–water partition coefficient (Wildman–Crippen LogP) is 2.16. The SMILES string of the molecule is CN(CCO)C(c1ccc(Cl)cc1)c1sc2ncnn2c1O. The zero-order valence-corrected chi connectivity index (χ0v) is 13.4. The second-order valence-electron chi connectivity index (χ2n) is 4.90. The highest BCUT2D eigenvalue weighted by Gasteiger charge is 2.26. The van der Waals surface area contributed by atoms with Crippen LogP contribution in [0.4, 0.5) is 0 Å². The molecule has 22 heavy (non-hydrogen) atoms. The van der Waals surface area contributed by atoms with Crippen molar-refractivity contribution in [2.75, 3.05) is 20.2 Å². The van der Waals surface area contributed by atoms with E-state index in [-0.39, 0.29) is 18.5 Å². The summed E-state index contributed by atoms with van der Waals surface area (Å²) in [6.07, 6.45) is 1.41. The van der Waals surface area contributed by atoms with Crippen LogP contribution in [0.3, 0.4) is 0 Å². The van der Waals surface area contributed by atoms with Gasteiger partial charge in [0.2, 0.25) is 10.8 Å². The number of fused-ring (bicyclic) bond motifs is 1. The summed E-state index contributed by atoms with van der Waals surface area (Å²) in [5, 5.41) is 24.3. The maximum Gasteiger partial charge on any atom is 0.230 e. The first-order valence-electron chi connectivity index (χ1n) is 6.69. The van der Waals surface area contributed by atoms with Gasteiger partial charge in [-0.3, -0.25) is 4.90 Å². The van der Waals surface area contributed by atoms with Gasteiger partial charge in [0.1, 0.15) is 6.33 Å². The first-order chi connectivity index (χ1) is 10.6. The van der Waals surface area contributed by atoms with Crippen LogP contribution in [0.25, 0.3) is 4.96 Å². The van der Waals surface area contributed by atoms with Gasteiger partial charge >= 0.3 is 0 Å². The van der Waals surface area contributed by atoms with E-state index < -0.39 is 0 Å². The smallest absolute Gasteiger partial charge is 0.230 e. The summed E-state index contributed by atoms with van der Waals surface area (Å²) in [4.78, 5) is 7.44. The lowest BCUT2D eigenvalue weighted by molar-refractivity contribution is 0.196. The molecule has 0 saturated heterocycles. The average molecular weight is 339 g/mol.